The summed E-state index contributed by atoms with van der Waals surface area (Å²) in [5.74, 6) is -0.251. The summed E-state index contributed by atoms with van der Waals surface area (Å²) >= 11 is 0. The SMILES string of the molecule is CCC(=O)CN(CC)CC(N)=O. The summed E-state index contributed by atoms with van der Waals surface area (Å²) < 4.78 is 0. The van der Waals surface area contributed by atoms with Gasteiger partial charge in [-0.25, -0.2) is 0 Å². The fraction of sp³-hybridized carbons (Fsp3) is 0.750. The van der Waals surface area contributed by atoms with Gasteiger partial charge in [0.15, 0.2) is 0 Å². The van der Waals surface area contributed by atoms with Crippen LogP contribution >= 0.6 is 0 Å². The second-order valence-electron chi connectivity index (χ2n) is 2.66. The normalized spacial score (nSPS) is 10.2. The van der Waals surface area contributed by atoms with Crippen LogP contribution in [0, 0.1) is 0 Å². The Morgan fingerprint density at radius 1 is 1.25 bits per heavy atom. The summed E-state index contributed by atoms with van der Waals surface area (Å²) in [6.07, 6.45) is 0.509. The molecular weight excluding hydrogens is 156 g/mol. The van der Waals surface area contributed by atoms with Crippen LogP contribution < -0.4 is 5.73 Å². The molecule has 0 aromatic carbocycles. The van der Waals surface area contributed by atoms with Gasteiger partial charge in [0.1, 0.15) is 5.78 Å². The van der Waals surface area contributed by atoms with E-state index in [0.29, 0.717) is 19.5 Å². The maximum Gasteiger partial charge on any atom is 0.231 e. The van der Waals surface area contributed by atoms with Crippen molar-refractivity contribution < 1.29 is 9.59 Å². The number of nitrogens with two attached hydrogens (primary N) is 1. The smallest absolute Gasteiger partial charge is 0.231 e. The van der Waals surface area contributed by atoms with Gasteiger partial charge in [-0.15, -0.1) is 0 Å². The number of hydrogen-bond donors (Lipinski definition) is 1. The van der Waals surface area contributed by atoms with E-state index in [1.807, 2.05) is 6.92 Å². The van der Waals surface area contributed by atoms with Crippen LogP contribution in [0.1, 0.15) is 20.3 Å². The maximum absolute atomic E-state index is 11.0. The molecule has 0 radical (unpaired) electrons. The number of Topliss-reactive ketones (excluding diaryl/α,β-unsaturated/α-hetero) is 1. The molecule has 0 saturated carbocycles. The van der Waals surface area contributed by atoms with E-state index in [0.717, 1.165) is 0 Å². The number of nitrogens with zero attached hydrogens (tertiary/aromatic N) is 1. The number of primary amides is 1. The van der Waals surface area contributed by atoms with E-state index < -0.39 is 0 Å². The minimum absolute atomic E-state index is 0.137. The molecule has 0 aliphatic heterocycles. The van der Waals surface area contributed by atoms with E-state index in [4.69, 9.17) is 5.73 Å². The first kappa shape index (κ1) is 11.1. The second kappa shape index (κ2) is 5.71. The lowest BCUT2D eigenvalue weighted by Gasteiger charge is -2.16. The maximum atomic E-state index is 11.0. The summed E-state index contributed by atoms with van der Waals surface area (Å²) in [6, 6.07) is 0. The van der Waals surface area contributed by atoms with Crippen molar-refractivity contribution in [1.82, 2.24) is 4.90 Å². The zero-order valence-electron chi connectivity index (χ0n) is 7.67. The van der Waals surface area contributed by atoms with Gasteiger partial charge in [-0.2, -0.15) is 0 Å². The van der Waals surface area contributed by atoms with Gasteiger partial charge in [-0.1, -0.05) is 13.8 Å². The van der Waals surface area contributed by atoms with Gasteiger partial charge in [-0.05, 0) is 6.54 Å². The molecule has 0 saturated heterocycles. The van der Waals surface area contributed by atoms with Crippen molar-refractivity contribution in [2.75, 3.05) is 19.6 Å². The number of likely N-dealkylation sites (N-methyl/N-ethyl adjacent to an activating group) is 1. The molecule has 4 nitrogen and oxygen atoms in total. The van der Waals surface area contributed by atoms with Crippen molar-refractivity contribution in [3.8, 4) is 0 Å². The Morgan fingerprint density at radius 2 is 1.83 bits per heavy atom. The van der Waals surface area contributed by atoms with Crippen LogP contribution in [0.3, 0.4) is 0 Å². The zero-order valence-corrected chi connectivity index (χ0v) is 7.67. The van der Waals surface area contributed by atoms with E-state index in [1.54, 1.807) is 11.8 Å². The molecule has 0 fully saturated rings. The monoisotopic (exact) mass is 172 g/mol. The molecule has 0 heterocycles. The van der Waals surface area contributed by atoms with Crippen LogP contribution in [0.4, 0.5) is 0 Å². The number of ketones is 1. The first-order valence-corrected chi connectivity index (χ1v) is 4.12. The lowest BCUT2D eigenvalue weighted by Crippen LogP contribution is -2.37. The topological polar surface area (TPSA) is 63.4 Å². The molecule has 70 valence electrons. The van der Waals surface area contributed by atoms with Gasteiger partial charge in [0.05, 0.1) is 13.1 Å². The quantitative estimate of drug-likeness (QED) is 0.602. The third-order valence-electron chi connectivity index (χ3n) is 1.62. The number of amides is 1. The summed E-state index contributed by atoms with van der Waals surface area (Å²) in [4.78, 5) is 23.2. The molecule has 0 aromatic rings. The van der Waals surface area contributed by atoms with E-state index in [1.165, 1.54) is 0 Å². The van der Waals surface area contributed by atoms with Crippen molar-refractivity contribution in [2.24, 2.45) is 5.73 Å². The summed E-state index contributed by atoms with van der Waals surface area (Å²) in [7, 11) is 0. The second-order valence-corrected chi connectivity index (χ2v) is 2.66. The summed E-state index contributed by atoms with van der Waals surface area (Å²) in [5.41, 5.74) is 4.99. The third-order valence-corrected chi connectivity index (χ3v) is 1.62. The molecule has 0 unspecified atom stereocenters. The lowest BCUT2D eigenvalue weighted by atomic mass is 10.3. The van der Waals surface area contributed by atoms with Crippen LogP contribution in [0.15, 0.2) is 0 Å². The molecule has 0 spiro atoms. The Bertz CT molecular complexity index is 168. The zero-order chi connectivity index (χ0) is 9.56. The fourth-order valence-corrected chi connectivity index (χ4v) is 0.861. The van der Waals surface area contributed by atoms with Crippen LogP contribution in [0.2, 0.25) is 0 Å². The molecule has 4 heteroatoms. The Morgan fingerprint density at radius 3 is 2.17 bits per heavy atom. The minimum atomic E-state index is -0.388. The number of carbonyl (C=O) groups is 2. The molecule has 0 aliphatic carbocycles. The van der Waals surface area contributed by atoms with Crippen LogP contribution in [0.25, 0.3) is 0 Å². The highest BCUT2D eigenvalue weighted by molar-refractivity contribution is 5.81. The van der Waals surface area contributed by atoms with E-state index in [2.05, 4.69) is 0 Å². The highest BCUT2D eigenvalue weighted by atomic mass is 16.1. The fourth-order valence-electron chi connectivity index (χ4n) is 0.861. The average Bonchev–Trinajstić information content (AvgIpc) is 2.02. The van der Waals surface area contributed by atoms with Gasteiger partial charge >= 0.3 is 0 Å². The van der Waals surface area contributed by atoms with Crippen molar-refractivity contribution in [3.05, 3.63) is 0 Å². The number of carbonyl (C=O) groups excluding carboxylic acids is 2. The molecule has 0 aromatic heterocycles. The first-order chi connectivity index (χ1) is 5.60. The van der Waals surface area contributed by atoms with E-state index in [-0.39, 0.29) is 18.2 Å². The average molecular weight is 172 g/mol. The van der Waals surface area contributed by atoms with E-state index >= 15 is 0 Å². The van der Waals surface area contributed by atoms with Gasteiger partial charge in [-0.3, -0.25) is 14.5 Å². The Kier molecular flexibility index (Phi) is 5.28. The largest absolute Gasteiger partial charge is 0.369 e. The standard InChI is InChI=1S/C8H16N2O2/c1-3-7(11)5-10(4-2)6-8(9)12/h3-6H2,1-2H3,(H2,9,12). The Balaban J connectivity index is 3.82. The molecule has 0 aliphatic rings. The Hall–Kier alpha value is -0.900. The number of hydrogen-bond acceptors (Lipinski definition) is 3. The molecule has 0 bridgehead atoms. The van der Waals surface area contributed by atoms with Crippen LogP contribution in [0.5, 0.6) is 0 Å². The van der Waals surface area contributed by atoms with Gasteiger partial charge < -0.3 is 5.73 Å². The molecule has 0 atom stereocenters. The number of rotatable bonds is 6. The van der Waals surface area contributed by atoms with Crippen LogP contribution in [-0.4, -0.2) is 36.2 Å². The van der Waals surface area contributed by atoms with Crippen molar-refractivity contribution >= 4 is 11.7 Å². The highest BCUT2D eigenvalue weighted by Gasteiger charge is 2.08. The molecular formula is C8H16N2O2. The van der Waals surface area contributed by atoms with Gasteiger partial charge in [0, 0.05) is 6.42 Å². The predicted molar refractivity (Wildman–Crippen MR) is 46.6 cm³/mol. The third kappa shape index (κ3) is 4.85. The molecule has 2 N–H and O–H groups in total. The lowest BCUT2D eigenvalue weighted by molar-refractivity contribution is -0.122. The Labute approximate surface area is 72.7 Å². The summed E-state index contributed by atoms with van der Waals surface area (Å²) in [6.45, 7) is 4.87. The van der Waals surface area contributed by atoms with Crippen molar-refractivity contribution in [2.45, 2.75) is 20.3 Å². The molecule has 12 heavy (non-hydrogen) atoms. The molecule has 0 rings (SSSR count). The van der Waals surface area contributed by atoms with Crippen molar-refractivity contribution in [3.63, 3.8) is 0 Å². The van der Waals surface area contributed by atoms with Crippen molar-refractivity contribution in [1.29, 1.82) is 0 Å². The molecule has 1 amide bonds. The van der Waals surface area contributed by atoms with Gasteiger partial charge in [0.25, 0.3) is 0 Å². The van der Waals surface area contributed by atoms with Gasteiger partial charge in [0.2, 0.25) is 5.91 Å². The van der Waals surface area contributed by atoms with Crippen LogP contribution in [-0.2, 0) is 9.59 Å². The minimum Gasteiger partial charge on any atom is -0.369 e. The first-order valence-electron chi connectivity index (χ1n) is 4.12. The van der Waals surface area contributed by atoms with E-state index in [9.17, 15) is 9.59 Å². The predicted octanol–water partition coefficient (Wildman–Crippen LogP) is -0.227. The summed E-state index contributed by atoms with van der Waals surface area (Å²) in [5, 5.41) is 0. The highest BCUT2D eigenvalue weighted by Crippen LogP contribution is 1.90.